The Morgan fingerprint density at radius 3 is 3.56 bits per heavy atom. The summed E-state index contributed by atoms with van der Waals surface area (Å²) in [4.78, 5) is 3.52. The summed E-state index contributed by atoms with van der Waals surface area (Å²) in [6.07, 6.45) is 3.23. The van der Waals surface area contributed by atoms with Gasteiger partial charge < -0.3 is 9.94 Å². The van der Waals surface area contributed by atoms with Crippen LogP contribution in [-0.4, -0.2) is 12.0 Å². The largest absolute Gasteiger partial charge is 0.619 e. The first kappa shape index (κ1) is 3.00. The fraction of sp³-hybridized carbons (Fsp3) is 0.200. The standard InChI is InChI=1S/C5H6N2O2/c1-9-5-4-7(8)3-2-6-5/h2-4H,1H3/i1D3. The summed E-state index contributed by atoms with van der Waals surface area (Å²) >= 11 is 0. The van der Waals surface area contributed by atoms with E-state index in [1.54, 1.807) is 0 Å². The Balaban J connectivity index is 2.77. The number of methoxy groups -OCH3 is 1. The van der Waals surface area contributed by atoms with E-state index in [2.05, 4.69) is 9.72 Å². The first-order valence-electron chi connectivity index (χ1n) is 3.71. The summed E-state index contributed by atoms with van der Waals surface area (Å²) < 4.78 is 24.9. The fourth-order valence-corrected chi connectivity index (χ4v) is 0.410. The molecule has 0 spiro atoms. The van der Waals surface area contributed by atoms with Crippen LogP contribution in [0.4, 0.5) is 0 Å². The molecule has 0 N–H and O–H groups in total. The van der Waals surface area contributed by atoms with Crippen LogP contribution in [-0.2, 0) is 0 Å². The molecular formula is C5H6N2O2. The molecule has 1 aromatic heterocycles. The quantitative estimate of drug-likeness (QED) is 0.387. The summed E-state index contributed by atoms with van der Waals surface area (Å²) in [5.41, 5.74) is 0. The average Bonchev–Trinajstić information content (AvgIpc) is 1.82. The van der Waals surface area contributed by atoms with Gasteiger partial charge in [0.25, 0.3) is 5.88 Å². The number of aromatic nitrogens is 2. The lowest BCUT2D eigenvalue weighted by Crippen LogP contribution is -2.24. The third-order valence-corrected chi connectivity index (χ3v) is 0.758. The third kappa shape index (κ3) is 1.28. The summed E-state index contributed by atoms with van der Waals surface area (Å²) in [6.45, 7) is 0. The third-order valence-electron chi connectivity index (χ3n) is 0.758. The van der Waals surface area contributed by atoms with Crippen LogP contribution in [0.2, 0.25) is 0 Å². The maximum absolute atomic E-state index is 10.6. The highest BCUT2D eigenvalue weighted by Gasteiger charge is 1.93. The Morgan fingerprint density at radius 1 is 2.00 bits per heavy atom. The van der Waals surface area contributed by atoms with Crippen LogP contribution in [0.5, 0.6) is 5.88 Å². The molecule has 0 aliphatic rings. The van der Waals surface area contributed by atoms with Crippen molar-refractivity contribution in [2.45, 2.75) is 0 Å². The van der Waals surface area contributed by atoms with Gasteiger partial charge in [-0.3, -0.25) is 0 Å². The molecule has 0 aromatic carbocycles. The Bertz CT molecular complexity index is 276. The number of nitrogens with zero attached hydrogens (tertiary/aromatic N) is 2. The van der Waals surface area contributed by atoms with E-state index in [1.807, 2.05) is 0 Å². The molecule has 0 fully saturated rings. The van der Waals surface area contributed by atoms with Crippen LogP contribution in [0, 0.1) is 5.21 Å². The van der Waals surface area contributed by atoms with Gasteiger partial charge in [-0.05, 0) is 0 Å². The zero-order valence-electron chi connectivity index (χ0n) is 7.44. The average molecular weight is 129 g/mol. The first-order valence-corrected chi connectivity index (χ1v) is 2.21. The van der Waals surface area contributed by atoms with E-state index < -0.39 is 7.04 Å². The van der Waals surface area contributed by atoms with Gasteiger partial charge in [-0.25, -0.2) is 4.98 Å². The summed E-state index contributed by atoms with van der Waals surface area (Å²) in [5, 5.41) is 10.6. The van der Waals surface area contributed by atoms with Crippen molar-refractivity contribution in [1.82, 2.24) is 4.98 Å². The van der Waals surface area contributed by atoms with E-state index in [9.17, 15) is 5.21 Å². The summed E-state index contributed by atoms with van der Waals surface area (Å²) in [7, 11) is -2.57. The van der Waals surface area contributed by atoms with E-state index in [0.717, 1.165) is 18.6 Å². The normalized spacial score (nSPS) is 15.3. The molecule has 0 radical (unpaired) electrons. The van der Waals surface area contributed by atoms with Crippen LogP contribution in [0.15, 0.2) is 18.6 Å². The monoisotopic (exact) mass is 129 g/mol. The van der Waals surface area contributed by atoms with Crippen molar-refractivity contribution >= 4 is 0 Å². The van der Waals surface area contributed by atoms with Gasteiger partial charge in [0.2, 0.25) is 6.20 Å². The topological polar surface area (TPSA) is 49.1 Å². The van der Waals surface area contributed by atoms with Gasteiger partial charge in [-0.15, -0.1) is 0 Å². The van der Waals surface area contributed by atoms with Gasteiger partial charge in [0, 0.05) is 0 Å². The Kier molecular flexibility index (Phi) is 0.768. The van der Waals surface area contributed by atoms with Crippen LogP contribution in [0.1, 0.15) is 4.11 Å². The molecule has 0 atom stereocenters. The van der Waals surface area contributed by atoms with Crippen molar-refractivity contribution in [2.75, 3.05) is 7.04 Å². The lowest BCUT2D eigenvalue weighted by atomic mass is 10.7. The van der Waals surface area contributed by atoms with E-state index >= 15 is 0 Å². The lowest BCUT2D eigenvalue weighted by Gasteiger charge is -1.95. The Hall–Kier alpha value is -1.32. The maximum Gasteiger partial charge on any atom is 0.280 e. The van der Waals surface area contributed by atoms with Crippen LogP contribution in [0.3, 0.4) is 0 Å². The molecule has 0 amide bonds. The van der Waals surface area contributed by atoms with Gasteiger partial charge in [0.1, 0.15) is 0 Å². The van der Waals surface area contributed by atoms with Crippen molar-refractivity contribution in [3.8, 4) is 5.88 Å². The molecule has 4 nitrogen and oxygen atoms in total. The van der Waals surface area contributed by atoms with Crippen molar-refractivity contribution < 1.29 is 13.6 Å². The zero-order chi connectivity index (χ0) is 9.19. The molecule has 1 rings (SSSR count). The summed E-state index contributed by atoms with van der Waals surface area (Å²) in [5.74, 6) is -0.215. The van der Waals surface area contributed by atoms with Crippen LogP contribution >= 0.6 is 0 Å². The van der Waals surface area contributed by atoms with Gasteiger partial charge in [0.05, 0.1) is 17.3 Å². The lowest BCUT2D eigenvalue weighted by molar-refractivity contribution is -0.606. The summed E-state index contributed by atoms with van der Waals surface area (Å²) in [6, 6.07) is 0. The maximum atomic E-state index is 10.6. The second kappa shape index (κ2) is 2.30. The van der Waals surface area contributed by atoms with Gasteiger partial charge in [0.15, 0.2) is 6.20 Å². The SMILES string of the molecule is [2H]C([2H])([2H])Oc1c[n+]([O-])ccn1. The molecule has 0 aliphatic carbocycles. The predicted octanol–water partition coefficient (Wildman–Crippen LogP) is -0.276. The van der Waals surface area contributed by atoms with Gasteiger partial charge >= 0.3 is 0 Å². The highest BCUT2D eigenvalue weighted by molar-refractivity contribution is 4.96. The van der Waals surface area contributed by atoms with Crippen LogP contribution in [0.25, 0.3) is 0 Å². The minimum Gasteiger partial charge on any atom is -0.619 e. The number of rotatable bonds is 1. The second-order valence-electron chi connectivity index (χ2n) is 1.36. The molecular weight excluding hydrogens is 120 g/mol. The van der Waals surface area contributed by atoms with E-state index in [4.69, 9.17) is 4.11 Å². The first-order chi connectivity index (χ1) is 5.47. The highest BCUT2D eigenvalue weighted by atomic mass is 16.5. The molecule has 9 heavy (non-hydrogen) atoms. The zero-order valence-corrected chi connectivity index (χ0v) is 4.44. The minimum atomic E-state index is -2.57. The Morgan fingerprint density at radius 2 is 2.89 bits per heavy atom. The predicted molar refractivity (Wildman–Crippen MR) is 29.7 cm³/mol. The fourth-order valence-electron chi connectivity index (χ4n) is 0.410. The second-order valence-corrected chi connectivity index (χ2v) is 1.36. The molecule has 0 unspecified atom stereocenters. The highest BCUT2D eigenvalue weighted by Crippen LogP contribution is 1.95. The molecule has 4 heteroatoms. The van der Waals surface area contributed by atoms with Crippen molar-refractivity contribution in [2.24, 2.45) is 0 Å². The number of ether oxygens (including phenoxy) is 1. The molecule has 1 aromatic rings. The number of hydrogen-bond acceptors (Lipinski definition) is 3. The van der Waals surface area contributed by atoms with Gasteiger partial charge in [-0.1, -0.05) is 0 Å². The van der Waals surface area contributed by atoms with Crippen molar-refractivity contribution in [1.29, 1.82) is 0 Å². The van der Waals surface area contributed by atoms with Crippen LogP contribution < -0.4 is 9.47 Å². The molecule has 0 bridgehead atoms. The van der Waals surface area contributed by atoms with E-state index in [0.29, 0.717) is 4.73 Å². The van der Waals surface area contributed by atoms with Gasteiger partial charge in [-0.2, -0.15) is 4.73 Å². The Labute approximate surface area is 56.5 Å². The molecule has 48 valence electrons. The molecule has 0 aliphatic heterocycles. The minimum absolute atomic E-state index is 0.215. The molecule has 1 heterocycles. The number of hydrogen-bond donors (Lipinski definition) is 0. The molecule has 0 saturated carbocycles. The van der Waals surface area contributed by atoms with E-state index in [-0.39, 0.29) is 5.88 Å². The van der Waals surface area contributed by atoms with Crippen molar-refractivity contribution in [3.05, 3.63) is 23.8 Å². The van der Waals surface area contributed by atoms with Crippen molar-refractivity contribution in [3.63, 3.8) is 0 Å². The van der Waals surface area contributed by atoms with E-state index in [1.165, 1.54) is 0 Å². The smallest absolute Gasteiger partial charge is 0.280 e. The molecule has 0 saturated heterocycles.